The monoisotopic (exact) mass is 342 g/mol. The predicted octanol–water partition coefficient (Wildman–Crippen LogP) is 2.95. The largest absolute Gasteiger partial charge is 0.352 e. The number of nitrogens with one attached hydrogen (secondary N) is 1. The first-order chi connectivity index (χ1) is 12.8. The van der Waals surface area contributed by atoms with Crippen molar-refractivity contribution in [1.82, 2.24) is 19.9 Å². The Morgan fingerprint density at radius 2 is 1.88 bits per heavy atom. The second-order valence-corrected chi connectivity index (χ2v) is 6.66. The zero-order valence-electron chi connectivity index (χ0n) is 14.3. The number of pyridine rings is 1. The number of aromatic nitrogens is 3. The van der Waals surface area contributed by atoms with Gasteiger partial charge in [-0.2, -0.15) is 0 Å². The molecule has 1 amide bonds. The van der Waals surface area contributed by atoms with Crippen LogP contribution in [0, 0.1) is 0 Å². The lowest BCUT2D eigenvalue weighted by molar-refractivity contribution is 0.0955. The van der Waals surface area contributed by atoms with Crippen molar-refractivity contribution in [2.45, 2.75) is 19.3 Å². The number of hydrogen-bond donors (Lipinski definition) is 1. The fourth-order valence-electron chi connectivity index (χ4n) is 3.89. The lowest BCUT2D eigenvalue weighted by atomic mass is 9.99. The van der Waals surface area contributed by atoms with E-state index in [-0.39, 0.29) is 5.91 Å². The number of nitrogens with zero attached hydrogens (tertiary/aromatic N) is 3. The third-order valence-electron chi connectivity index (χ3n) is 5.14. The van der Waals surface area contributed by atoms with Crippen LogP contribution in [-0.2, 0) is 19.3 Å². The van der Waals surface area contributed by atoms with Crippen LogP contribution in [0.15, 0.2) is 54.7 Å². The Hall–Kier alpha value is -3.21. The van der Waals surface area contributed by atoms with Crippen molar-refractivity contribution >= 4 is 22.3 Å². The van der Waals surface area contributed by atoms with Crippen molar-refractivity contribution in [3.05, 3.63) is 77.2 Å². The molecule has 5 rings (SSSR count). The molecule has 4 aromatic rings. The molecule has 2 heterocycles. The number of benzene rings is 2. The number of amides is 1. The lowest BCUT2D eigenvalue weighted by Gasteiger charge is -2.09. The molecule has 1 N–H and O–H groups in total. The van der Waals surface area contributed by atoms with E-state index in [9.17, 15) is 4.79 Å². The highest BCUT2D eigenvalue weighted by atomic mass is 16.1. The summed E-state index contributed by atoms with van der Waals surface area (Å²) in [4.78, 5) is 12.7. The minimum Gasteiger partial charge on any atom is -0.352 e. The second kappa shape index (κ2) is 5.95. The Balaban J connectivity index is 1.36. The molecule has 0 unspecified atom stereocenters. The first-order valence-electron chi connectivity index (χ1n) is 8.91. The lowest BCUT2D eigenvalue weighted by Crippen LogP contribution is -2.26. The molecule has 2 aromatic heterocycles. The summed E-state index contributed by atoms with van der Waals surface area (Å²) in [6.45, 7) is 0.525. The predicted molar refractivity (Wildman–Crippen MR) is 100 cm³/mol. The molecule has 0 saturated heterocycles. The molecule has 1 aliphatic rings. The summed E-state index contributed by atoms with van der Waals surface area (Å²) in [6.07, 6.45) is 4.71. The van der Waals surface area contributed by atoms with Crippen LogP contribution in [0.5, 0.6) is 0 Å². The van der Waals surface area contributed by atoms with E-state index in [1.807, 2.05) is 40.9 Å². The Kier molecular flexibility index (Phi) is 3.45. The Morgan fingerprint density at radius 3 is 2.81 bits per heavy atom. The third kappa shape index (κ3) is 2.36. The van der Waals surface area contributed by atoms with Crippen LogP contribution < -0.4 is 5.32 Å². The maximum Gasteiger partial charge on any atom is 0.251 e. The molecule has 0 fully saturated rings. The van der Waals surface area contributed by atoms with Gasteiger partial charge in [-0.05, 0) is 52.9 Å². The number of hydrogen-bond acceptors (Lipinski definition) is 3. The standard InChI is InChI=1S/C21H18N4O/c26-21(22-12-11-19-24-23-18-6-1-2-13-25(18)19)17-10-9-15-8-7-14-4-3-5-16(17)20(14)15/h1-6,9-10,13H,7-8,11-12H2,(H,22,26). The molecule has 0 aliphatic heterocycles. The summed E-state index contributed by atoms with van der Waals surface area (Å²) in [5, 5.41) is 13.7. The average molecular weight is 342 g/mol. The number of fused-ring (bicyclic) bond motifs is 1. The number of carbonyl (C=O) groups excluding carboxylic acids is 1. The summed E-state index contributed by atoms with van der Waals surface area (Å²) in [5.74, 6) is 0.815. The zero-order chi connectivity index (χ0) is 17.5. The molecule has 2 aromatic carbocycles. The molecular weight excluding hydrogens is 324 g/mol. The first-order valence-corrected chi connectivity index (χ1v) is 8.91. The number of carbonyl (C=O) groups is 1. The van der Waals surface area contributed by atoms with Crippen molar-refractivity contribution < 1.29 is 4.79 Å². The van der Waals surface area contributed by atoms with Crippen LogP contribution in [0.3, 0.4) is 0 Å². The van der Waals surface area contributed by atoms with Crippen molar-refractivity contribution in [1.29, 1.82) is 0 Å². The summed E-state index contributed by atoms with van der Waals surface area (Å²) in [6, 6.07) is 16.1. The van der Waals surface area contributed by atoms with Gasteiger partial charge in [-0.15, -0.1) is 10.2 Å². The van der Waals surface area contributed by atoms with Gasteiger partial charge in [0.1, 0.15) is 5.82 Å². The van der Waals surface area contributed by atoms with Crippen LogP contribution in [0.1, 0.15) is 27.3 Å². The van der Waals surface area contributed by atoms with Crippen molar-refractivity contribution in [3.8, 4) is 0 Å². The number of aryl methyl sites for hydroxylation is 2. The Morgan fingerprint density at radius 1 is 1.00 bits per heavy atom. The van der Waals surface area contributed by atoms with E-state index in [0.717, 1.165) is 35.3 Å². The first kappa shape index (κ1) is 15.1. The van der Waals surface area contributed by atoms with E-state index in [2.05, 4.69) is 33.7 Å². The van der Waals surface area contributed by atoms with Crippen LogP contribution in [-0.4, -0.2) is 27.0 Å². The maximum absolute atomic E-state index is 12.7. The van der Waals surface area contributed by atoms with E-state index in [0.29, 0.717) is 13.0 Å². The fraction of sp³-hybridized carbons (Fsp3) is 0.190. The summed E-state index contributed by atoms with van der Waals surface area (Å²) in [7, 11) is 0. The van der Waals surface area contributed by atoms with Crippen LogP contribution in [0.25, 0.3) is 16.4 Å². The van der Waals surface area contributed by atoms with Gasteiger partial charge < -0.3 is 5.32 Å². The van der Waals surface area contributed by atoms with Gasteiger partial charge in [-0.3, -0.25) is 9.20 Å². The number of rotatable bonds is 4. The van der Waals surface area contributed by atoms with Gasteiger partial charge >= 0.3 is 0 Å². The van der Waals surface area contributed by atoms with E-state index < -0.39 is 0 Å². The van der Waals surface area contributed by atoms with E-state index in [1.165, 1.54) is 16.5 Å². The van der Waals surface area contributed by atoms with Crippen LogP contribution >= 0.6 is 0 Å². The minimum atomic E-state index is -0.0329. The van der Waals surface area contributed by atoms with Crippen LogP contribution in [0.2, 0.25) is 0 Å². The molecule has 128 valence electrons. The second-order valence-electron chi connectivity index (χ2n) is 6.66. The SMILES string of the molecule is O=C(NCCc1nnc2ccccn12)c1ccc2c3c(cccc13)CC2. The quantitative estimate of drug-likeness (QED) is 0.620. The third-order valence-corrected chi connectivity index (χ3v) is 5.14. The Labute approximate surface area is 150 Å². The molecule has 26 heavy (non-hydrogen) atoms. The molecule has 0 radical (unpaired) electrons. The molecular formula is C21H18N4O. The van der Waals surface area contributed by atoms with Crippen molar-refractivity contribution in [2.75, 3.05) is 6.54 Å². The zero-order valence-corrected chi connectivity index (χ0v) is 14.3. The van der Waals surface area contributed by atoms with Gasteiger partial charge in [0, 0.05) is 24.7 Å². The topological polar surface area (TPSA) is 59.3 Å². The maximum atomic E-state index is 12.7. The van der Waals surface area contributed by atoms with Gasteiger partial charge in [0.05, 0.1) is 0 Å². The van der Waals surface area contributed by atoms with Crippen molar-refractivity contribution in [2.24, 2.45) is 0 Å². The molecule has 0 saturated carbocycles. The summed E-state index contributed by atoms with van der Waals surface area (Å²) in [5.41, 5.74) is 4.27. The molecule has 0 bridgehead atoms. The van der Waals surface area contributed by atoms with Gasteiger partial charge in [-0.25, -0.2) is 0 Å². The minimum absolute atomic E-state index is 0.0329. The van der Waals surface area contributed by atoms with Gasteiger partial charge in [0.25, 0.3) is 5.91 Å². The average Bonchev–Trinajstić information content (AvgIpc) is 3.28. The van der Waals surface area contributed by atoms with Gasteiger partial charge in [0.2, 0.25) is 0 Å². The molecule has 5 heteroatoms. The van der Waals surface area contributed by atoms with E-state index in [4.69, 9.17) is 0 Å². The van der Waals surface area contributed by atoms with E-state index >= 15 is 0 Å². The van der Waals surface area contributed by atoms with Crippen molar-refractivity contribution in [3.63, 3.8) is 0 Å². The van der Waals surface area contributed by atoms with Gasteiger partial charge in [-0.1, -0.05) is 30.3 Å². The molecule has 0 spiro atoms. The molecule has 5 nitrogen and oxygen atoms in total. The van der Waals surface area contributed by atoms with E-state index in [1.54, 1.807) is 0 Å². The fourth-order valence-corrected chi connectivity index (χ4v) is 3.89. The highest BCUT2D eigenvalue weighted by Crippen LogP contribution is 2.32. The Bertz CT molecular complexity index is 1140. The highest BCUT2D eigenvalue weighted by molar-refractivity contribution is 6.09. The summed E-state index contributed by atoms with van der Waals surface area (Å²) >= 11 is 0. The molecule has 0 atom stereocenters. The highest BCUT2D eigenvalue weighted by Gasteiger charge is 2.18. The summed E-state index contributed by atoms with van der Waals surface area (Å²) < 4.78 is 1.95. The van der Waals surface area contributed by atoms with Crippen LogP contribution in [0.4, 0.5) is 0 Å². The van der Waals surface area contributed by atoms with Gasteiger partial charge in [0.15, 0.2) is 5.65 Å². The normalized spacial score (nSPS) is 12.8. The smallest absolute Gasteiger partial charge is 0.251 e. The molecule has 1 aliphatic carbocycles.